The smallest absolute Gasteiger partial charge is 0.244 e. The predicted octanol–water partition coefficient (Wildman–Crippen LogP) is 3.41. The van der Waals surface area contributed by atoms with Crippen LogP contribution in [-0.4, -0.2) is 57.3 Å². The van der Waals surface area contributed by atoms with E-state index in [0.717, 1.165) is 16.1 Å². The van der Waals surface area contributed by atoms with E-state index in [1.165, 1.54) is 11.0 Å². The van der Waals surface area contributed by atoms with Gasteiger partial charge in [-0.2, -0.15) is 0 Å². The van der Waals surface area contributed by atoms with Gasteiger partial charge in [0.1, 0.15) is 12.6 Å². The summed E-state index contributed by atoms with van der Waals surface area (Å²) in [6.07, 6.45) is 1.38. The van der Waals surface area contributed by atoms with E-state index in [1.807, 2.05) is 20.8 Å². The number of ether oxygens (including phenoxy) is 2. The van der Waals surface area contributed by atoms with Crippen molar-refractivity contribution in [1.82, 2.24) is 10.2 Å². The number of hydrogen-bond acceptors (Lipinski definition) is 6. The highest BCUT2D eigenvalue weighted by Crippen LogP contribution is 2.36. The normalized spacial score (nSPS) is 13.4. The summed E-state index contributed by atoms with van der Waals surface area (Å²) in [6, 6.07) is 10.8. The van der Waals surface area contributed by atoms with Gasteiger partial charge in [0, 0.05) is 24.2 Å². The monoisotopic (exact) mass is 537 g/mol. The Balaban J connectivity index is 1.92. The molecule has 1 aliphatic rings. The third kappa shape index (κ3) is 7.04. The Hall–Kier alpha value is -2.98. The molecule has 1 N–H and O–H groups in total. The summed E-state index contributed by atoms with van der Waals surface area (Å²) in [6.45, 7) is 5.90. The lowest BCUT2D eigenvalue weighted by molar-refractivity contribution is -0.140. The van der Waals surface area contributed by atoms with Crippen molar-refractivity contribution in [2.45, 2.75) is 39.8 Å². The molecule has 11 heteroatoms. The van der Waals surface area contributed by atoms with Crippen LogP contribution >= 0.6 is 11.6 Å². The van der Waals surface area contributed by atoms with E-state index < -0.39 is 28.5 Å². The molecule has 0 saturated carbocycles. The Bertz CT molecular complexity index is 1190. The van der Waals surface area contributed by atoms with E-state index >= 15 is 0 Å². The van der Waals surface area contributed by atoms with Gasteiger partial charge in [0.05, 0.1) is 11.9 Å². The van der Waals surface area contributed by atoms with E-state index in [-0.39, 0.29) is 30.9 Å². The van der Waals surface area contributed by atoms with Crippen molar-refractivity contribution < 1.29 is 27.5 Å². The number of nitrogens with one attached hydrogen (secondary N) is 1. The topological polar surface area (TPSA) is 105 Å². The van der Waals surface area contributed by atoms with Crippen LogP contribution in [0.5, 0.6) is 11.5 Å². The van der Waals surface area contributed by atoms with Crippen molar-refractivity contribution in [3.05, 3.63) is 53.1 Å². The zero-order valence-corrected chi connectivity index (χ0v) is 22.4. The second-order valence-corrected chi connectivity index (χ2v) is 11.4. The number of sulfonamides is 1. The number of amides is 2. The van der Waals surface area contributed by atoms with Crippen LogP contribution in [0.2, 0.25) is 5.02 Å². The number of carbonyl (C=O) groups excluding carboxylic acids is 2. The summed E-state index contributed by atoms with van der Waals surface area (Å²) in [5, 5.41) is 3.44. The molecule has 0 radical (unpaired) electrons. The zero-order valence-electron chi connectivity index (χ0n) is 20.9. The third-order valence-electron chi connectivity index (χ3n) is 5.66. The molecule has 2 aromatic carbocycles. The molecule has 0 spiro atoms. The Kier molecular flexibility index (Phi) is 9.08. The predicted molar refractivity (Wildman–Crippen MR) is 139 cm³/mol. The molecule has 0 aliphatic carbocycles. The first kappa shape index (κ1) is 27.6. The van der Waals surface area contributed by atoms with Crippen molar-refractivity contribution in [2.75, 3.05) is 30.4 Å². The van der Waals surface area contributed by atoms with Gasteiger partial charge in [-0.05, 0) is 42.2 Å². The van der Waals surface area contributed by atoms with Gasteiger partial charge >= 0.3 is 0 Å². The summed E-state index contributed by atoms with van der Waals surface area (Å²) in [5.41, 5.74) is 1.02. The fraction of sp³-hybridized carbons (Fsp3) is 0.440. The van der Waals surface area contributed by atoms with Crippen molar-refractivity contribution in [1.29, 1.82) is 0 Å². The second kappa shape index (κ2) is 11.8. The van der Waals surface area contributed by atoms with Crippen LogP contribution in [0.3, 0.4) is 0 Å². The highest BCUT2D eigenvalue weighted by atomic mass is 35.5. The minimum Gasteiger partial charge on any atom is -0.454 e. The molecular formula is C25H32ClN3O6S. The summed E-state index contributed by atoms with van der Waals surface area (Å²) in [7, 11) is -3.85. The largest absolute Gasteiger partial charge is 0.454 e. The van der Waals surface area contributed by atoms with Gasteiger partial charge in [-0.15, -0.1) is 0 Å². The van der Waals surface area contributed by atoms with Crippen molar-refractivity contribution >= 4 is 39.1 Å². The number of anilines is 1. The fourth-order valence-electron chi connectivity index (χ4n) is 3.78. The highest BCUT2D eigenvalue weighted by molar-refractivity contribution is 7.92. The number of rotatable bonds is 11. The molecule has 0 aromatic heterocycles. The highest BCUT2D eigenvalue weighted by Gasteiger charge is 2.32. The molecule has 1 aliphatic heterocycles. The van der Waals surface area contributed by atoms with Gasteiger partial charge in [0.2, 0.25) is 28.6 Å². The van der Waals surface area contributed by atoms with E-state index in [2.05, 4.69) is 5.32 Å². The summed E-state index contributed by atoms with van der Waals surface area (Å²) >= 11 is 6.01. The van der Waals surface area contributed by atoms with Gasteiger partial charge in [-0.3, -0.25) is 13.9 Å². The van der Waals surface area contributed by atoms with Gasteiger partial charge < -0.3 is 19.7 Å². The first-order chi connectivity index (χ1) is 17.0. The SMILES string of the molecule is CC[C@H](C(=O)NCC(C)C)N(Cc1ccc(Cl)cc1)C(=O)CN(c1ccc2c(c1)OCO2)S(C)(=O)=O. The number of nitrogens with zero attached hydrogens (tertiary/aromatic N) is 2. The third-order valence-corrected chi connectivity index (χ3v) is 7.05. The average Bonchev–Trinajstić information content (AvgIpc) is 3.29. The molecule has 9 nitrogen and oxygen atoms in total. The Morgan fingerprint density at radius 2 is 1.75 bits per heavy atom. The van der Waals surface area contributed by atoms with Crippen molar-refractivity contribution in [3.8, 4) is 11.5 Å². The van der Waals surface area contributed by atoms with Crippen LogP contribution in [0, 0.1) is 5.92 Å². The first-order valence-electron chi connectivity index (χ1n) is 11.7. The number of benzene rings is 2. The standard InChI is InChI=1S/C25H32ClN3O6S/c1-5-21(25(31)27-13-17(2)3)28(14-18-6-8-19(26)9-7-18)24(30)15-29(36(4,32)33)20-10-11-22-23(12-20)35-16-34-22/h6-12,17,21H,5,13-16H2,1-4H3,(H,27,31)/t21-/m1/s1. The molecule has 2 amide bonds. The summed E-state index contributed by atoms with van der Waals surface area (Å²) in [4.78, 5) is 28.2. The van der Waals surface area contributed by atoms with E-state index in [0.29, 0.717) is 29.5 Å². The molecule has 0 unspecified atom stereocenters. The van der Waals surface area contributed by atoms with Gasteiger partial charge in [0.25, 0.3) is 0 Å². The number of halogens is 1. The summed E-state index contributed by atoms with van der Waals surface area (Å²) in [5.74, 6) is 0.322. The van der Waals surface area contributed by atoms with E-state index in [1.54, 1.807) is 36.4 Å². The van der Waals surface area contributed by atoms with Crippen LogP contribution < -0.4 is 19.1 Å². The molecule has 2 aromatic rings. The molecule has 0 bridgehead atoms. The molecule has 0 fully saturated rings. The molecule has 1 atom stereocenters. The van der Waals surface area contributed by atoms with Crippen LogP contribution in [-0.2, 0) is 26.2 Å². The van der Waals surface area contributed by atoms with Crippen LogP contribution in [0.25, 0.3) is 0 Å². The van der Waals surface area contributed by atoms with Crippen LogP contribution in [0.15, 0.2) is 42.5 Å². The zero-order chi connectivity index (χ0) is 26.5. The fourth-order valence-corrected chi connectivity index (χ4v) is 4.75. The Morgan fingerprint density at radius 3 is 2.36 bits per heavy atom. The number of carbonyl (C=O) groups is 2. The van der Waals surface area contributed by atoms with Gasteiger partial charge in [-0.1, -0.05) is 44.5 Å². The van der Waals surface area contributed by atoms with Gasteiger partial charge in [0.15, 0.2) is 11.5 Å². The first-order valence-corrected chi connectivity index (χ1v) is 13.9. The minimum atomic E-state index is -3.85. The average molecular weight is 538 g/mol. The van der Waals surface area contributed by atoms with Crippen LogP contribution in [0.4, 0.5) is 5.69 Å². The Labute approximate surface area is 217 Å². The van der Waals surface area contributed by atoms with Crippen LogP contribution in [0.1, 0.15) is 32.8 Å². The molecule has 0 saturated heterocycles. The van der Waals surface area contributed by atoms with Crippen molar-refractivity contribution in [3.63, 3.8) is 0 Å². The molecule has 36 heavy (non-hydrogen) atoms. The lowest BCUT2D eigenvalue weighted by Crippen LogP contribution is -2.52. The lowest BCUT2D eigenvalue weighted by Gasteiger charge is -2.33. The number of fused-ring (bicyclic) bond motifs is 1. The van der Waals surface area contributed by atoms with Crippen molar-refractivity contribution in [2.24, 2.45) is 5.92 Å². The lowest BCUT2D eigenvalue weighted by atomic mass is 10.1. The van der Waals surface area contributed by atoms with Gasteiger partial charge in [-0.25, -0.2) is 8.42 Å². The Morgan fingerprint density at radius 1 is 1.08 bits per heavy atom. The second-order valence-electron chi connectivity index (χ2n) is 9.02. The minimum absolute atomic E-state index is 0.0368. The molecular weight excluding hydrogens is 506 g/mol. The van der Waals surface area contributed by atoms with E-state index in [9.17, 15) is 18.0 Å². The maximum absolute atomic E-state index is 13.7. The summed E-state index contributed by atoms with van der Waals surface area (Å²) < 4.78 is 37.1. The molecule has 196 valence electrons. The molecule has 1 heterocycles. The van der Waals surface area contributed by atoms with E-state index in [4.69, 9.17) is 21.1 Å². The maximum Gasteiger partial charge on any atom is 0.244 e. The maximum atomic E-state index is 13.7. The quantitative estimate of drug-likeness (QED) is 0.471. The molecule has 3 rings (SSSR count). The number of hydrogen-bond donors (Lipinski definition) is 1.